The lowest BCUT2D eigenvalue weighted by molar-refractivity contribution is 0.0981. The number of halogens is 1. The fourth-order valence-electron chi connectivity index (χ4n) is 2.19. The van der Waals surface area contributed by atoms with Crippen LogP contribution in [0.2, 0.25) is 5.02 Å². The molecule has 0 saturated heterocycles. The lowest BCUT2D eigenvalue weighted by atomic mass is 10.2. The topological polar surface area (TPSA) is 52.6 Å². The second-order valence-electron chi connectivity index (χ2n) is 5.08. The van der Waals surface area contributed by atoms with E-state index in [0.29, 0.717) is 9.90 Å². The minimum absolute atomic E-state index is 0.166. The summed E-state index contributed by atoms with van der Waals surface area (Å²) in [4.78, 5) is 14.6. The highest BCUT2D eigenvalue weighted by atomic mass is 35.5. The van der Waals surface area contributed by atoms with Crippen LogP contribution in [0.3, 0.4) is 0 Å². The molecule has 0 atom stereocenters. The van der Waals surface area contributed by atoms with E-state index >= 15 is 0 Å². The van der Waals surface area contributed by atoms with Crippen LogP contribution in [-0.2, 0) is 0 Å². The van der Waals surface area contributed by atoms with Gasteiger partial charge in [-0.1, -0.05) is 29.8 Å². The van der Waals surface area contributed by atoms with Crippen molar-refractivity contribution in [2.24, 2.45) is 0 Å². The van der Waals surface area contributed by atoms with Crippen molar-refractivity contribution in [2.45, 2.75) is 0 Å². The number of thiocarbonyl (C=S) groups is 1. The molecule has 0 radical (unpaired) electrons. The van der Waals surface area contributed by atoms with Crippen LogP contribution in [-0.4, -0.2) is 23.2 Å². The van der Waals surface area contributed by atoms with E-state index in [1.165, 1.54) is 11.3 Å². The van der Waals surface area contributed by atoms with Crippen LogP contribution in [0.15, 0.2) is 48.5 Å². The number of anilines is 1. The number of carbonyl (C=O) groups excluding carboxylic acids is 1. The van der Waals surface area contributed by atoms with Crippen molar-refractivity contribution in [3.05, 3.63) is 58.4 Å². The molecule has 2 aromatic carbocycles. The summed E-state index contributed by atoms with van der Waals surface area (Å²) in [5, 5.41) is 13.6. The minimum atomic E-state index is -0.336. The summed E-state index contributed by atoms with van der Waals surface area (Å²) in [5.74, 6) is -0.170. The highest BCUT2D eigenvalue weighted by Crippen LogP contribution is 2.35. The Balaban J connectivity index is 1.79. The smallest absolute Gasteiger partial charge is 0.269 e. The Bertz CT molecular complexity index is 922. The number of fused-ring (bicyclic) bond motifs is 1. The lowest BCUT2D eigenvalue weighted by Crippen LogP contribution is -2.40. The lowest BCUT2D eigenvalue weighted by Gasteiger charge is -2.20. The van der Waals surface area contributed by atoms with Crippen molar-refractivity contribution in [1.29, 1.82) is 0 Å². The highest BCUT2D eigenvalue weighted by molar-refractivity contribution is 7.80. The highest BCUT2D eigenvalue weighted by Gasteiger charge is 2.19. The van der Waals surface area contributed by atoms with Crippen LogP contribution in [0.1, 0.15) is 9.67 Å². The zero-order valence-electron chi connectivity index (χ0n) is 12.6. The first-order valence-corrected chi connectivity index (χ1v) is 8.62. The van der Waals surface area contributed by atoms with Crippen molar-refractivity contribution in [1.82, 2.24) is 5.32 Å². The van der Waals surface area contributed by atoms with Gasteiger partial charge in [0.2, 0.25) is 0 Å². The zero-order valence-corrected chi connectivity index (χ0v) is 15.0. The van der Waals surface area contributed by atoms with Gasteiger partial charge in [-0.05, 0) is 42.5 Å². The van der Waals surface area contributed by atoms with Gasteiger partial charge >= 0.3 is 0 Å². The Labute approximate surface area is 153 Å². The van der Waals surface area contributed by atoms with E-state index < -0.39 is 0 Å². The van der Waals surface area contributed by atoms with Crippen molar-refractivity contribution >= 4 is 61.9 Å². The Hall–Kier alpha value is -2.15. The normalized spacial score (nSPS) is 10.6. The SMILES string of the molecule is CN(C(=S)NC(=O)c1sc2ccccc2c1Cl)c1ccc(O)cc1. The number of hydrogen-bond donors (Lipinski definition) is 2. The van der Waals surface area contributed by atoms with E-state index in [4.69, 9.17) is 23.8 Å². The molecular weight excluding hydrogens is 364 g/mol. The maximum absolute atomic E-state index is 12.5. The van der Waals surface area contributed by atoms with Gasteiger partial charge in [0.1, 0.15) is 10.6 Å². The molecule has 0 aliphatic carbocycles. The average molecular weight is 377 g/mol. The standard InChI is InChI=1S/C17H13ClN2O2S2/c1-20(10-6-8-11(21)9-7-10)17(23)19-16(22)15-14(18)12-4-2-3-5-13(12)24-15/h2-9,21H,1H3,(H,19,22,23). The first kappa shape index (κ1) is 16.7. The third kappa shape index (κ3) is 3.21. The first-order valence-electron chi connectivity index (χ1n) is 7.02. The molecule has 4 nitrogen and oxygen atoms in total. The van der Waals surface area contributed by atoms with Gasteiger partial charge in [0.25, 0.3) is 5.91 Å². The van der Waals surface area contributed by atoms with E-state index in [9.17, 15) is 9.90 Å². The molecule has 0 bridgehead atoms. The van der Waals surface area contributed by atoms with E-state index in [0.717, 1.165) is 15.8 Å². The maximum atomic E-state index is 12.5. The van der Waals surface area contributed by atoms with Gasteiger partial charge in [0.15, 0.2) is 5.11 Å². The predicted octanol–water partition coefficient (Wildman–Crippen LogP) is 4.41. The van der Waals surface area contributed by atoms with Gasteiger partial charge in [-0.15, -0.1) is 11.3 Å². The average Bonchev–Trinajstić information content (AvgIpc) is 2.92. The summed E-state index contributed by atoms with van der Waals surface area (Å²) in [6.45, 7) is 0. The van der Waals surface area contributed by atoms with Gasteiger partial charge in [0.05, 0.1) is 5.02 Å². The molecule has 3 rings (SSSR count). The van der Waals surface area contributed by atoms with Crippen LogP contribution in [0.5, 0.6) is 5.75 Å². The molecule has 0 saturated carbocycles. The van der Waals surface area contributed by atoms with Crippen LogP contribution in [0.4, 0.5) is 5.69 Å². The minimum Gasteiger partial charge on any atom is -0.508 e. The molecule has 7 heteroatoms. The number of rotatable bonds is 2. The Morgan fingerprint density at radius 3 is 2.54 bits per heavy atom. The molecule has 122 valence electrons. The number of benzene rings is 2. The molecule has 0 aliphatic rings. The Morgan fingerprint density at radius 2 is 1.88 bits per heavy atom. The van der Waals surface area contributed by atoms with Gasteiger partial charge in [-0.3, -0.25) is 10.1 Å². The van der Waals surface area contributed by atoms with Gasteiger partial charge < -0.3 is 10.0 Å². The summed E-state index contributed by atoms with van der Waals surface area (Å²) in [7, 11) is 1.74. The largest absolute Gasteiger partial charge is 0.508 e. The van der Waals surface area contributed by atoms with E-state index in [-0.39, 0.29) is 16.8 Å². The number of thiophene rings is 1. The molecule has 24 heavy (non-hydrogen) atoms. The second-order valence-corrected chi connectivity index (χ2v) is 6.89. The molecule has 1 heterocycles. The second kappa shape index (κ2) is 6.76. The van der Waals surface area contributed by atoms with Gasteiger partial charge in [-0.25, -0.2) is 0 Å². The molecule has 0 spiro atoms. The molecule has 2 N–H and O–H groups in total. The van der Waals surface area contributed by atoms with Crippen molar-refractivity contribution < 1.29 is 9.90 Å². The predicted molar refractivity (Wildman–Crippen MR) is 103 cm³/mol. The molecule has 3 aromatic rings. The quantitative estimate of drug-likeness (QED) is 0.650. The summed E-state index contributed by atoms with van der Waals surface area (Å²) in [5.41, 5.74) is 0.750. The van der Waals surface area contributed by atoms with Crippen molar-refractivity contribution in [3.8, 4) is 5.75 Å². The number of phenols is 1. The first-order chi connectivity index (χ1) is 11.5. The molecule has 0 unspecified atom stereocenters. The summed E-state index contributed by atoms with van der Waals surface area (Å²) in [6, 6.07) is 14.1. The van der Waals surface area contributed by atoms with Crippen LogP contribution < -0.4 is 10.2 Å². The van der Waals surface area contributed by atoms with Gasteiger partial charge in [-0.2, -0.15) is 0 Å². The fraction of sp³-hybridized carbons (Fsp3) is 0.0588. The Morgan fingerprint density at radius 1 is 1.21 bits per heavy atom. The van der Waals surface area contributed by atoms with E-state index in [2.05, 4.69) is 5.32 Å². The summed E-state index contributed by atoms with van der Waals surface area (Å²) >= 11 is 12.9. The number of hydrogen-bond acceptors (Lipinski definition) is 4. The number of carbonyl (C=O) groups is 1. The monoisotopic (exact) mass is 376 g/mol. The number of nitrogens with one attached hydrogen (secondary N) is 1. The van der Waals surface area contributed by atoms with Gasteiger partial charge in [0, 0.05) is 22.8 Å². The maximum Gasteiger partial charge on any atom is 0.269 e. The summed E-state index contributed by atoms with van der Waals surface area (Å²) in [6.07, 6.45) is 0. The third-order valence-electron chi connectivity index (χ3n) is 3.50. The van der Waals surface area contributed by atoms with E-state index in [1.54, 1.807) is 36.2 Å². The summed E-state index contributed by atoms with van der Waals surface area (Å²) < 4.78 is 0.949. The van der Waals surface area contributed by atoms with Crippen LogP contribution >= 0.6 is 35.2 Å². The van der Waals surface area contributed by atoms with Crippen LogP contribution in [0.25, 0.3) is 10.1 Å². The molecule has 1 aromatic heterocycles. The fourth-order valence-corrected chi connectivity index (χ4v) is 3.80. The third-order valence-corrected chi connectivity index (χ3v) is 5.55. The number of phenolic OH excluding ortho intramolecular Hbond substituents is 1. The number of amides is 1. The zero-order chi connectivity index (χ0) is 17.3. The van der Waals surface area contributed by atoms with Crippen molar-refractivity contribution in [2.75, 3.05) is 11.9 Å². The van der Waals surface area contributed by atoms with Crippen molar-refractivity contribution in [3.63, 3.8) is 0 Å². The molecule has 1 amide bonds. The number of aromatic hydroxyl groups is 1. The number of nitrogens with zero attached hydrogens (tertiary/aromatic N) is 1. The van der Waals surface area contributed by atoms with Crippen LogP contribution in [0, 0.1) is 0 Å². The van der Waals surface area contributed by atoms with E-state index in [1.807, 2.05) is 24.3 Å². The molecular formula is C17H13ClN2O2S2. The Kier molecular flexibility index (Phi) is 4.71. The molecule has 0 fully saturated rings. The molecule has 0 aliphatic heterocycles.